The second kappa shape index (κ2) is 7.37. The zero-order valence-corrected chi connectivity index (χ0v) is 14.2. The quantitative estimate of drug-likeness (QED) is 0.766. The van der Waals surface area contributed by atoms with E-state index in [0.29, 0.717) is 16.8 Å². The molecule has 1 N–H and O–H groups in total. The average molecular weight is 366 g/mol. The SMILES string of the molecule is Cl.Fc1ccc2c(OC3CCNCC3)nn(-c3ccccc3F)c2c1. The minimum Gasteiger partial charge on any atom is -0.473 e. The summed E-state index contributed by atoms with van der Waals surface area (Å²) in [5.74, 6) is -0.395. The number of nitrogens with one attached hydrogen (secondary N) is 1. The van der Waals surface area contributed by atoms with Crippen LogP contribution in [0, 0.1) is 11.6 Å². The Morgan fingerprint density at radius 3 is 2.60 bits per heavy atom. The highest BCUT2D eigenvalue weighted by Gasteiger charge is 2.20. The summed E-state index contributed by atoms with van der Waals surface area (Å²) >= 11 is 0. The molecule has 1 saturated heterocycles. The Labute approximate surface area is 150 Å². The summed E-state index contributed by atoms with van der Waals surface area (Å²) in [5.41, 5.74) is 0.761. The van der Waals surface area contributed by atoms with Crippen molar-refractivity contribution in [1.29, 1.82) is 0 Å². The minimum atomic E-state index is -0.417. The standard InChI is InChI=1S/C18H17F2N3O.ClH/c19-12-5-6-14-17(11-12)23(16-4-2-1-3-15(16)20)22-18(14)24-13-7-9-21-10-8-13;/h1-6,11,13,21H,7-10H2;1H. The second-order valence-corrected chi connectivity index (χ2v) is 5.90. The molecule has 1 fully saturated rings. The molecule has 0 radical (unpaired) electrons. The zero-order valence-electron chi connectivity index (χ0n) is 13.4. The Morgan fingerprint density at radius 1 is 1.08 bits per heavy atom. The Bertz CT molecular complexity index is 878. The van der Waals surface area contributed by atoms with Crippen molar-refractivity contribution in [3.63, 3.8) is 0 Å². The van der Waals surface area contributed by atoms with Gasteiger partial charge in [-0.15, -0.1) is 17.5 Å². The maximum Gasteiger partial charge on any atom is 0.241 e. The van der Waals surface area contributed by atoms with E-state index in [1.807, 2.05) is 0 Å². The summed E-state index contributed by atoms with van der Waals surface area (Å²) in [5, 5.41) is 8.38. The molecular formula is C18H18ClF2N3O. The van der Waals surface area contributed by atoms with Gasteiger partial charge in [-0.05, 0) is 50.2 Å². The van der Waals surface area contributed by atoms with Gasteiger partial charge in [-0.2, -0.15) is 0 Å². The number of benzene rings is 2. The molecule has 1 aliphatic rings. The lowest BCUT2D eigenvalue weighted by molar-refractivity contribution is 0.157. The van der Waals surface area contributed by atoms with Crippen LogP contribution in [-0.4, -0.2) is 29.0 Å². The van der Waals surface area contributed by atoms with E-state index in [-0.39, 0.29) is 24.2 Å². The number of rotatable bonds is 3. The number of fused-ring (bicyclic) bond motifs is 1. The number of para-hydroxylation sites is 1. The second-order valence-electron chi connectivity index (χ2n) is 5.90. The molecule has 25 heavy (non-hydrogen) atoms. The van der Waals surface area contributed by atoms with Crippen LogP contribution in [-0.2, 0) is 0 Å². The molecule has 1 aromatic heterocycles. The summed E-state index contributed by atoms with van der Waals surface area (Å²) in [6.45, 7) is 1.79. The highest BCUT2D eigenvalue weighted by molar-refractivity contribution is 5.86. The summed E-state index contributed by atoms with van der Waals surface area (Å²) in [6, 6.07) is 10.6. The van der Waals surface area contributed by atoms with Crippen molar-refractivity contribution < 1.29 is 13.5 Å². The monoisotopic (exact) mass is 365 g/mol. The van der Waals surface area contributed by atoms with Crippen LogP contribution in [0.15, 0.2) is 42.5 Å². The third-order valence-corrected chi connectivity index (χ3v) is 4.25. The lowest BCUT2D eigenvalue weighted by atomic mass is 10.1. The van der Waals surface area contributed by atoms with Crippen molar-refractivity contribution in [3.05, 3.63) is 54.1 Å². The smallest absolute Gasteiger partial charge is 0.241 e. The molecule has 4 nitrogen and oxygen atoms in total. The van der Waals surface area contributed by atoms with Crippen LogP contribution in [0.2, 0.25) is 0 Å². The number of ether oxygens (including phenoxy) is 1. The summed E-state index contributed by atoms with van der Waals surface area (Å²) in [4.78, 5) is 0. The molecule has 4 rings (SSSR count). The summed E-state index contributed by atoms with van der Waals surface area (Å²) < 4.78 is 35.3. The third kappa shape index (κ3) is 3.45. The normalized spacial score (nSPS) is 15.1. The van der Waals surface area contributed by atoms with Crippen molar-refractivity contribution >= 4 is 23.3 Å². The Balaban J connectivity index is 0.00000182. The van der Waals surface area contributed by atoms with Gasteiger partial charge in [0.05, 0.1) is 10.9 Å². The van der Waals surface area contributed by atoms with Crippen molar-refractivity contribution in [2.24, 2.45) is 0 Å². The van der Waals surface area contributed by atoms with Gasteiger partial charge in [0.25, 0.3) is 0 Å². The number of hydrogen-bond donors (Lipinski definition) is 1. The van der Waals surface area contributed by atoms with Gasteiger partial charge in [-0.25, -0.2) is 13.5 Å². The topological polar surface area (TPSA) is 39.1 Å². The predicted octanol–water partition coefficient (Wildman–Crippen LogP) is 3.86. The Kier molecular flexibility index (Phi) is 5.20. The number of nitrogens with zero attached hydrogens (tertiary/aromatic N) is 2. The fourth-order valence-corrected chi connectivity index (χ4v) is 3.02. The zero-order chi connectivity index (χ0) is 16.5. The van der Waals surface area contributed by atoms with E-state index < -0.39 is 11.6 Å². The molecule has 0 unspecified atom stereocenters. The van der Waals surface area contributed by atoms with Gasteiger partial charge in [0, 0.05) is 6.07 Å². The van der Waals surface area contributed by atoms with Crippen molar-refractivity contribution in [2.45, 2.75) is 18.9 Å². The highest BCUT2D eigenvalue weighted by Crippen LogP contribution is 2.30. The molecular weight excluding hydrogens is 348 g/mol. The third-order valence-electron chi connectivity index (χ3n) is 4.25. The molecule has 3 aromatic rings. The van der Waals surface area contributed by atoms with E-state index in [0.717, 1.165) is 25.9 Å². The number of piperidine rings is 1. The Hall–Kier alpha value is -2.18. The molecule has 2 aromatic carbocycles. The minimum absolute atomic E-state index is 0. The molecule has 0 bridgehead atoms. The molecule has 1 aliphatic heterocycles. The first-order chi connectivity index (χ1) is 11.7. The Morgan fingerprint density at radius 2 is 1.84 bits per heavy atom. The summed E-state index contributed by atoms with van der Waals surface area (Å²) in [6.07, 6.45) is 1.83. The number of halogens is 3. The number of hydrogen-bond acceptors (Lipinski definition) is 3. The van der Waals surface area contributed by atoms with Gasteiger partial charge in [0.1, 0.15) is 23.4 Å². The van der Waals surface area contributed by atoms with Crippen LogP contribution in [0.3, 0.4) is 0 Å². The van der Waals surface area contributed by atoms with E-state index in [4.69, 9.17) is 4.74 Å². The predicted molar refractivity (Wildman–Crippen MR) is 94.8 cm³/mol. The molecule has 0 amide bonds. The van der Waals surface area contributed by atoms with Gasteiger partial charge in [-0.3, -0.25) is 0 Å². The van der Waals surface area contributed by atoms with Crippen molar-refractivity contribution in [3.8, 4) is 11.6 Å². The van der Waals surface area contributed by atoms with E-state index >= 15 is 0 Å². The molecule has 7 heteroatoms. The van der Waals surface area contributed by atoms with Crippen molar-refractivity contribution in [2.75, 3.05) is 13.1 Å². The van der Waals surface area contributed by atoms with E-state index in [1.165, 1.54) is 22.9 Å². The molecule has 0 spiro atoms. The van der Waals surface area contributed by atoms with E-state index in [9.17, 15) is 8.78 Å². The van der Waals surface area contributed by atoms with Gasteiger partial charge in [-0.1, -0.05) is 12.1 Å². The lowest BCUT2D eigenvalue weighted by Crippen LogP contribution is -2.34. The highest BCUT2D eigenvalue weighted by atomic mass is 35.5. The largest absolute Gasteiger partial charge is 0.473 e. The first-order valence-corrected chi connectivity index (χ1v) is 8.03. The van der Waals surface area contributed by atoms with Crippen LogP contribution in [0.5, 0.6) is 5.88 Å². The van der Waals surface area contributed by atoms with Crippen LogP contribution < -0.4 is 10.1 Å². The average Bonchev–Trinajstić information content (AvgIpc) is 2.94. The van der Waals surface area contributed by atoms with E-state index in [2.05, 4.69) is 10.4 Å². The first kappa shape index (κ1) is 17.6. The van der Waals surface area contributed by atoms with Crippen LogP contribution in [0.25, 0.3) is 16.6 Å². The first-order valence-electron chi connectivity index (χ1n) is 8.03. The fourth-order valence-electron chi connectivity index (χ4n) is 3.02. The molecule has 0 saturated carbocycles. The molecule has 132 valence electrons. The van der Waals surface area contributed by atoms with Crippen LogP contribution in [0.1, 0.15) is 12.8 Å². The molecule has 0 atom stereocenters. The van der Waals surface area contributed by atoms with Gasteiger partial charge < -0.3 is 10.1 Å². The number of aromatic nitrogens is 2. The maximum atomic E-state index is 14.2. The fraction of sp³-hybridized carbons (Fsp3) is 0.278. The molecule has 2 heterocycles. The molecule has 0 aliphatic carbocycles. The van der Waals surface area contributed by atoms with Gasteiger partial charge >= 0.3 is 0 Å². The van der Waals surface area contributed by atoms with Crippen LogP contribution >= 0.6 is 12.4 Å². The lowest BCUT2D eigenvalue weighted by Gasteiger charge is -2.22. The van der Waals surface area contributed by atoms with Crippen molar-refractivity contribution in [1.82, 2.24) is 15.1 Å². The summed E-state index contributed by atoms with van der Waals surface area (Å²) in [7, 11) is 0. The van der Waals surface area contributed by atoms with E-state index in [1.54, 1.807) is 24.3 Å². The van der Waals surface area contributed by atoms with Gasteiger partial charge in [0.15, 0.2) is 0 Å². The maximum absolute atomic E-state index is 14.2. The van der Waals surface area contributed by atoms with Gasteiger partial charge in [0.2, 0.25) is 5.88 Å². The van der Waals surface area contributed by atoms with Crippen LogP contribution in [0.4, 0.5) is 8.78 Å².